The number of benzene rings is 6. The van der Waals surface area contributed by atoms with Crippen LogP contribution in [-0.2, 0) is 38.2 Å². The van der Waals surface area contributed by atoms with Crippen molar-refractivity contribution in [1.82, 2.24) is 53.2 Å². The summed E-state index contributed by atoms with van der Waals surface area (Å²) in [6.07, 6.45) is 0.157. The maximum absolute atomic E-state index is 12.1. The summed E-state index contributed by atoms with van der Waals surface area (Å²) in [5.74, 6) is -5.99. The first-order chi connectivity index (χ1) is 59.0. The summed E-state index contributed by atoms with van der Waals surface area (Å²) in [4.78, 5) is 210. The highest BCUT2D eigenvalue weighted by atomic mass is 79.9. The van der Waals surface area contributed by atoms with E-state index in [1.54, 1.807) is 146 Å². The highest BCUT2D eigenvalue weighted by Gasteiger charge is 2.24. The van der Waals surface area contributed by atoms with E-state index in [-0.39, 0.29) is 89.6 Å². The Morgan fingerprint density at radius 2 is 0.532 bits per heavy atom. The first-order valence-electron chi connectivity index (χ1n) is 36.3. The minimum atomic E-state index is -0.795. The molecule has 0 aliphatic heterocycles. The van der Waals surface area contributed by atoms with E-state index in [9.17, 15) is 86.3 Å². The van der Waals surface area contributed by atoms with Gasteiger partial charge in [-0.05, 0) is 171 Å². The molecule has 6 rings (SSSR count). The third-order valence-electron chi connectivity index (χ3n) is 14.1. The van der Waals surface area contributed by atoms with Crippen LogP contribution in [0.1, 0.15) is 103 Å². The molecule has 0 heterocycles. The summed E-state index contributed by atoms with van der Waals surface area (Å²) in [5, 5.41) is 26.8. The standard InChI is InChI=1S/2C13H16BrN3O3S.2C13H15BrN2O4S.C13H17N3O3S.C12H14BrN3O3S/c1-8(11(15)18)17-12(19)9-4-2-3-5-10(9)21-13(20)16-7-6-14;14-6-8-17-13(20)21-10-4-2-1-3-9(10)12(19)16-7-5-11(15)18;2*1-8(11(15)17)16-12(18)9-4-2-3-5-10(9)21-13(19)20-7-6-14;1-2-15-13(19)20-10-6-4-3-5-9(10)12(18)16-8-7-11(14)17;13-5-6-15-12(19)20-9-4-2-1-3-8(9)11(18)16-7-10(14)17/h2-5,8H,6-7H2,1H3,(H2,15,18)(H,16,20)(H,17,19);1-4H,5-8H2,(H2,15,18)(H,16,19)(H,17,20);2*2-5,8H,6-7H2,1H3,(H2,15,17)(H,16,18);3-6H,2,7-8H2,1H3,(H2,14,17)(H,15,19)(H,16,18);1-4H,5-7H2,(H2,14,17)(H,15,19)(H,16,18)/t8-;;2*8-;;/m0.10../s1. The molecule has 3 atom stereocenters. The van der Waals surface area contributed by atoms with Gasteiger partial charge in [-0.3, -0.25) is 76.7 Å². The monoisotopic (exact) mass is 2150 g/mol. The van der Waals surface area contributed by atoms with E-state index >= 15 is 0 Å². The molecule has 0 fully saturated rings. The van der Waals surface area contributed by atoms with Gasteiger partial charge in [-0.15, -0.1) is 0 Å². The molecule has 0 aliphatic carbocycles. The highest BCUT2D eigenvalue weighted by molar-refractivity contribution is 9.09. The van der Waals surface area contributed by atoms with Crippen LogP contribution < -0.4 is 87.6 Å². The Labute approximate surface area is 781 Å². The number of hydrogen-bond donors (Lipinski definition) is 16. The minimum absolute atomic E-state index is 0.0762. The molecule has 36 nitrogen and oxygen atoms in total. The molecule has 47 heteroatoms. The Balaban J connectivity index is 0.000000744. The summed E-state index contributed by atoms with van der Waals surface area (Å²) in [7, 11) is 0. The van der Waals surface area contributed by atoms with E-state index in [4.69, 9.17) is 43.9 Å². The maximum atomic E-state index is 12.1. The predicted molar refractivity (Wildman–Crippen MR) is 497 cm³/mol. The lowest BCUT2D eigenvalue weighted by molar-refractivity contribution is -0.120. The average Bonchev–Trinajstić information content (AvgIpc) is 0.882. The zero-order valence-corrected chi connectivity index (χ0v) is 79.7. The van der Waals surface area contributed by atoms with E-state index < -0.39 is 87.8 Å². The van der Waals surface area contributed by atoms with E-state index in [1.165, 1.54) is 20.8 Å². The van der Waals surface area contributed by atoms with Gasteiger partial charge in [0.2, 0.25) is 35.4 Å². The van der Waals surface area contributed by atoms with Gasteiger partial charge in [-0.2, -0.15) is 0 Å². The summed E-state index contributed by atoms with van der Waals surface area (Å²) in [5.41, 5.74) is 32.3. The van der Waals surface area contributed by atoms with Gasteiger partial charge in [0.1, 0.15) is 31.3 Å². The third kappa shape index (κ3) is 49.1. The molecule has 0 aliphatic rings. The highest BCUT2D eigenvalue weighted by Crippen LogP contribution is 2.29. The lowest BCUT2D eigenvalue weighted by Crippen LogP contribution is -2.42. The lowest BCUT2D eigenvalue weighted by atomic mass is 10.2. The van der Waals surface area contributed by atoms with Crippen molar-refractivity contribution in [2.45, 2.75) is 88.0 Å². The van der Waals surface area contributed by atoms with Gasteiger partial charge in [0.05, 0.1) is 39.9 Å². The molecule has 6 aromatic rings. The van der Waals surface area contributed by atoms with Crippen LogP contribution in [-0.4, -0.2) is 206 Å². The molecule has 0 saturated heterocycles. The second kappa shape index (κ2) is 65.8. The van der Waals surface area contributed by atoms with Crippen LogP contribution in [0.5, 0.6) is 0 Å². The van der Waals surface area contributed by atoms with Crippen molar-refractivity contribution in [2.24, 2.45) is 34.4 Å². The Hall–Kier alpha value is -9.72. The normalized spacial score (nSPS) is 10.7. The molecule has 22 N–H and O–H groups in total. The fourth-order valence-corrected chi connectivity index (χ4v) is 13.8. The predicted octanol–water partition coefficient (Wildman–Crippen LogP) is 9.01. The van der Waals surface area contributed by atoms with Crippen LogP contribution in [0.3, 0.4) is 0 Å². The number of carbonyl (C=O) groups is 18. The summed E-state index contributed by atoms with van der Waals surface area (Å²) < 4.78 is 9.84. The van der Waals surface area contributed by atoms with Gasteiger partial charge in [0, 0.05) is 108 Å². The van der Waals surface area contributed by atoms with Crippen molar-refractivity contribution in [1.29, 1.82) is 0 Å². The molecular weight excluding hydrogens is 2060 g/mol. The Morgan fingerprint density at radius 1 is 0.298 bits per heavy atom. The third-order valence-corrected chi connectivity index (χ3v) is 21.2. The quantitative estimate of drug-likeness (QED) is 0.00982. The topological polar surface area (TPSA) is 602 Å². The number of nitrogens with one attached hydrogen (secondary N) is 10. The van der Waals surface area contributed by atoms with Gasteiger partial charge >= 0.3 is 10.6 Å². The van der Waals surface area contributed by atoms with Crippen molar-refractivity contribution in [3.8, 4) is 0 Å². The Morgan fingerprint density at radius 3 is 0.758 bits per heavy atom. The van der Waals surface area contributed by atoms with Gasteiger partial charge in [0.15, 0.2) is 0 Å². The fraction of sp³-hybridized carbons (Fsp3) is 0.299. The molecule has 0 unspecified atom stereocenters. The Bertz CT molecular complexity index is 4390. The van der Waals surface area contributed by atoms with Crippen molar-refractivity contribution in [3.63, 3.8) is 0 Å². The zero-order valence-electron chi connectivity index (χ0n) is 66.9. The van der Waals surface area contributed by atoms with Gasteiger partial charge < -0.3 is 97.0 Å². The zero-order chi connectivity index (χ0) is 93.1. The molecule has 0 radical (unpaired) electrons. The molecule has 0 spiro atoms. The average molecular weight is 2150 g/mol. The number of amides is 16. The molecule has 0 aromatic heterocycles. The molecule has 0 bridgehead atoms. The number of halogens is 5. The molecule has 672 valence electrons. The van der Waals surface area contributed by atoms with E-state index in [2.05, 4.69) is 133 Å². The second-order valence-electron chi connectivity index (χ2n) is 23.6. The summed E-state index contributed by atoms with van der Waals surface area (Å²) in [6.45, 7) is 8.93. The summed E-state index contributed by atoms with van der Waals surface area (Å²) in [6, 6.07) is 37.6. The number of rotatable bonds is 37. The fourth-order valence-electron chi connectivity index (χ4n) is 8.17. The van der Waals surface area contributed by atoms with E-state index in [0.717, 1.165) is 70.6 Å². The molecular formula is C77H93Br5N16O20S6. The number of thioether (sulfide) groups is 6. The second-order valence-corrected chi connectivity index (χ2v) is 33.6. The van der Waals surface area contributed by atoms with Crippen molar-refractivity contribution in [3.05, 3.63) is 179 Å². The van der Waals surface area contributed by atoms with Crippen LogP contribution in [0.2, 0.25) is 0 Å². The Kier molecular flexibility index (Phi) is 59.6. The smallest absolute Gasteiger partial charge is 0.372 e. The van der Waals surface area contributed by atoms with Crippen LogP contribution in [0.15, 0.2) is 175 Å². The van der Waals surface area contributed by atoms with Crippen molar-refractivity contribution >= 4 is 253 Å². The first-order valence-corrected chi connectivity index (χ1v) is 46.9. The van der Waals surface area contributed by atoms with Crippen LogP contribution in [0, 0.1) is 0 Å². The minimum Gasteiger partial charge on any atom is -0.456 e. The maximum Gasteiger partial charge on any atom is 0.372 e. The number of primary amides is 6. The lowest BCUT2D eigenvalue weighted by Gasteiger charge is -2.12. The van der Waals surface area contributed by atoms with E-state index in [0.29, 0.717) is 104 Å². The molecule has 124 heavy (non-hydrogen) atoms. The summed E-state index contributed by atoms with van der Waals surface area (Å²) >= 11 is 21.3. The number of hydrogen-bond acceptors (Lipinski definition) is 26. The van der Waals surface area contributed by atoms with Crippen LogP contribution >= 0.6 is 150 Å². The van der Waals surface area contributed by atoms with Gasteiger partial charge in [-0.25, -0.2) is 9.59 Å². The van der Waals surface area contributed by atoms with Crippen LogP contribution in [0.4, 0.5) is 28.8 Å². The molecule has 6 aromatic carbocycles. The van der Waals surface area contributed by atoms with Gasteiger partial charge in [-0.1, -0.05) is 152 Å². The molecule has 0 saturated carbocycles. The largest absolute Gasteiger partial charge is 0.456 e. The first kappa shape index (κ1) is 112. The van der Waals surface area contributed by atoms with Gasteiger partial charge in [0.25, 0.3) is 56.4 Å². The van der Waals surface area contributed by atoms with Crippen molar-refractivity contribution < 1.29 is 95.8 Å². The number of nitrogens with two attached hydrogens (primary N) is 6. The molecule has 16 amide bonds. The van der Waals surface area contributed by atoms with Crippen LogP contribution in [0.25, 0.3) is 0 Å². The SMILES string of the molecule is CCNC(=O)Sc1ccccc1C(=O)NCCC(N)=O.C[C@@H](NC(=O)c1ccccc1SC(=O)OCCBr)C(N)=O.C[C@H](NC(=O)c1ccccc1SC(=O)NCCBr)C(N)=O.C[C@H](NC(=O)c1ccccc1SC(=O)OCCBr)C(N)=O.NC(=O)CCNC(=O)c1ccccc1SC(=O)NCCBr.NC(=O)CNC(=O)c1ccccc1SC(=O)NCCBr. The van der Waals surface area contributed by atoms with E-state index in [1.807, 2.05) is 6.92 Å². The number of carbonyl (C=O) groups excluding carboxylic acids is 18. The number of alkyl halides is 5. The number of ether oxygens (including phenoxy) is 2. The van der Waals surface area contributed by atoms with Crippen molar-refractivity contribution in [2.75, 3.05) is 85.7 Å².